The molecule has 118 valence electrons. The average Bonchev–Trinajstić information content (AvgIpc) is 3.18. The van der Waals surface area contributed by atoms with Crippen LogP contribution in [-0.2, 0) is 17.8 Å². The average molecular weight is 304 g/mol. The van der Waals surface area contributed by atoms with E-state index in [9.17, 15) is 4.79 Å². The molecule has 0 saturated carbocycles. The van der Waals surface area contributed by atoms with Gasteiger partial charge in [-0.3, -0.25) is 14.4 Å². The van der Waals surface area contributed by atoms with Gasteiger partial charge in [0.2, 0.25) is 11.8 Å². The van der Waals surface area contributed by atoms with Crippen LogP contribution in [0.4, 0.5) is 5.82 Å². The lowest BCUT2D eigenvalue weighted by molar-refractivity contribution is -0.114. The van der Waals surface area contributed by atoms with Crippen molar-refractivity contribution in [2.75, 3.05) is 18.4 Å². The number of carbonyl (C=O) groups is 1. The van der Waals surface area contributed by atoms with Crippen molar-refractivity contribution in [3.05, 3.63) is 24.0 Å². The Morgan fingerprint density at radius 3 is 3.14 bits per heavy atom. The summed E-state index contributed by atoms with van der Waals surface area (Å²) in [5.41, 5.74) is 0. The lowest BCUT2D eigenvalue weighted by atomic mass is 10.3. The van der Waals surface area contributed by atoms with Gasteiger partial charge in [0.05, 0.1) is 12.6 Å². The van der Waals surface area contributed by atoms with Crippen LogP contribution in [0, 0.1) is 0 Å². The molecule has 1 fully saturated rings. The van der Waals surface area contributed by atoms with Crippen LogP contribution in [0.2, 0.25) is 0 Å². The zero-order chi connectivity index (χ0) is 15.5. The van der Waals surface area contributed by atoms with Crippen molar-refractivity contribution in [3.63, 3.8) is 0 Å². The summed E-state index contributed by atoms with van der Waals surface area (Å²) in [6.07, 6.45) is 3.68. The number of aromatic nitrogens is 4. The van der Waals surface area contributed by atoms with Gasteiger partial charge in [0, 0.05) is 38.7 Å². The van der Waals surface area contributed by atoms with Gasteiger partial charge in [0.1, 0.15) is 0 Å². The Labute approximate surface area is 128 Å². The lowest BCUT2D eigenvalue weighted by Crippen LogP contribution is -2.22. The molecule has 1 atom stereocenters. The summed E-state index contributed by atoms with van der Waals surface area (Å²) < 4.78 is 7.05. The van der Waals surface area contributed by atoms with Crippen molar-refractivity contribution < 1.29 is 9.32 Å². The molecule has 0 aliphatic carbocycles. The second-order valence-electron chi connectivity index (χ2n) is 5.50. The zero-order valence-corrected chi connectivity index (χ0v) is 12.8. The van der Waals surface area contributed by atoms with E-state index < -0.39 is 0 Å². The molecule has 1 unspecified atom stereocenters. The van der Waals surface area contributed by atoms with Crippen molar-refractivity contribution in [2.45, 2.75) is 39.3 Å². The van der Waals surface area contributed by atoms with E-state index in [0.29, 0.717) is 24.3 Å². The molecule has 2 aromatic rings. The number of hydrogen-bond acceptors (Lipinski definition) is 6. The summed E-state index contributed by atoms with van der Waals surface area (Å²) in [6.45, 7) is 6.02. The number of aryl methyl sites for hydroxylation is 1. The smallest absolute Gasteiger partial charge is 0.226 e. The fourth-order valence-electron chi connectivity index (χ4n) is 2.66. The van der Waals surface area contributed by atoms with Gasteiger partial charge in [-0.05, 0) is 6.42 Å². The van der Waals surface area contributed by atoms with Gasteiger partial charge in [0.25, 0.3) is 0 Å². The quantitative estimate of drug-likeness (QED) is 0.894. The van der Waals surface area contributed by atoms with E-state index in [1.807, 2.05) is 23.9 Å². The number of nitrogens with one attached hydrogen (secondary N) is 1. The normalized spacial score (nSPS) is 18.7. The third kappa shape index (κ3) is 3.33. The molecule has 1 N–H and O–H groups in total. The third-order valence-electron chi connectivity index (χ3n) is 3.71. The molecule has 8 nitrogen and oxygen atoms in total. The molecular weight excluding hydrogens is 284 g/mol. The van der Waals surface area contributed by atoms with E-state index in [0.717, 1.165) is 31.8 Å². The van der Waals surface area contributed by atoms with Crippen molar-refractivity contribution in [1.82, 2.24) is 24.8 Å². The molecule has 1 aliphatic rings. The molecule has 1 saturated heterocycles. The standard InChI is InChI=1S/C14H20N6O2/c1-3-14-16-13(18-22-14)9-19-6-4-11(8-19)20-7-5-12(17-20)15-10(2)21/h5,7,11H,3-4,6,8-9H2,1-2H3,(H,15,17,21). The number of anilines is 1. The second-order valence-corrected chi connectivity index (χ2v) is 5.50. The highest BCUT2D eigenvalue weighted by molar-refractivity contribution is 5.87. The topological polar surface area (TPSA) is 89.1 Å². The lowest BCUT2D eigenvalue weighted by Gasteiger charge is -2.13. The molecule has 0 spiro atoms. The summed E-state index contributed by atoms with van der Waals surface area (Å²) >= 11 is 0. The van der Waals surface area contributed by atoms with Crippen LogP contribution in [0.1, 0.15) is 38.0 Å². The van der Waals surface area contributed by atoms with Crippen molar-refractivity contribution in [2.24, 2.45) is 0 Å². The van der Waals surface area contributed by atoms with Gasteiger partial charge in [-0.1, -0.05) is 12.1 Å². The summed E-state index contributed by atoms with van der Waals surface area (Å²) in [5, 5.41) is 11.1. The SMILES string of the molecule is CCc1nc(CN2CCC(n3ccc(NC(C)=O)n3)C2)no1. The van der Waals surface area contributed by atoms with Gasteiger partial charge < -0.3 is 9.84 Å². The van der Waals surface area contributed by atoms with Crippen LogP contribution in [0.5, 0.6) is 0 Å². The van der Waals surface area contributed by atoms with Gasteiger partial charge >= 0.3 is 0 Å². The number of carbonyl (C=O) groups excluding carboxylic acids is 1. The number of nitrogens with zero attached hydrogens (tertiary/aromatic N) is 5. The molecule has 1 amide bonds. The summed E-state index contributed by atoms with van der Waals surface area (Å²) in [7, 11) is 0. The Kier molecular flexibility index (Phi) is 4.19. The Hall–Kier alpha value is -2.22. The third-order valence-corrected chi connectivity index (χ3v) is 3.71. The first-order valence-electron chi connectivity index (χ1n) is 7.50. The van der Waals surface area contributed by atoms with Crippen LogP contribution < -0.4 is 5.32 Å². The minimum absolute atomic E-state index is 0.109. The predicted octanol–water partition coefficient (Wildman–Crippen LogP) is 1.23. The second kappa shape index (κ2) is 6.27. The van der Waals surface area contributed by atoms with Gasteiger partial charge in [-0.25, -0.2) is 0 Å². The molecule has 3 heterocycles. The highest BCUT2D eigenvalue weighted by Crippen LogP contribution is 2.23. The Morgan fingerprint density at radius 1 is 1.55 bits per heavy atom. The van der Waals surface area contributed by atoms with Gasteiger partial charge in [0.15, 0.2) is 11.6 Å². The molecule has 0 bridgehead atoms. The molecule has 0 aromatic carbocycles. The molecule has 3 rings (SSSR count). The Bertz CT molecular complexity index is 649. The summed E-state index contributed by atoms with van der Waals surface area (Å²) in [5.74, 6) is 1.90. The van der Waals surface area contributed by atoms with E-state index >= 15 is 0 Å². The number of rotatable bonds is 5. The first-order chi connectivity index (χ1) is 10.6. The van der Waals surface area contributed by atoms with E-state index in [2.05, 4.69) is 25.5 Å². The fraction of sp³-hybridized carbons (Fsp3) is 0.571. The maximum Gasteiger partial charge on any atom is 0.226 e. The van der Waals surface area contributed by atoms with E-state index in [4.69, 9.17) is 4.52 Å². The number of hydrogen-bond donors (Lipinski definition) is 1. The summed E-state index contributed by atoms with van der Waals surface area (Å²) in [6, 6.07) is 2.12. The largest absolute Gasteiger partial charge is 0.339 e. The molecular formula is C14H20N6O2. The monoisotopic (exact) mass is 304 g/mol. The van der Waals surface area contributed by atoms with E-state index in [1.54, 1.807) is 0 Å². The maximum atomic E-state index is 11.0. The highest BCUT2D eigenvalue weighted by atomic mass is 16.5. The molecule has 8 heteroatoms. The minimum atomic E-state index is -0.109. The first-order valence-corrected chi connectivity index (χ1v) is 7.50. The maximum absolute atomic E-state index is 11.0. The highest BCUT2D eigenvalue weighted by Gasteiger charge is 2.25. The molecule has 1 aliphatic heterocycles. The van der Waals surface area contributed by atoms with Crippen molar-refractivity contribution in [1.29, 1.82) is 0 Å². The van der Waals surface area contributed by atoms with E-state index in [1.165, 1.54) is 6.92 Å². The van der Waals surface area contributed by atoms with Gasteiger partial charge in [-0.2, -0.15) is 10.1 Å². The Morgan fingerprint density at radius 2 is 2.41 bits per heavy atom. The van der Waals surface area contributed by atoms with Crippen molar-refractivity contribution in [3.8, 4) is 0 Å². The Balaban J connectivity index is 1.57. The minimum Gasteiger partial charge on any atom is -0.339 e. The summed E-state index contributed by atoms with van der Waals surface area (Å²) in [4.78, 5) is 17.7. The van der Waals surface area contributed by atoms with E-state index in [-0.39, 0.29) is 5.91 Å². The van der Waals surface area contributed by atoms with Crippen LogP contribution in [0.25, 0.3) is 0 Å². The van der Waals surface area contributed by atoms with Crippen molar-refractivity contribution >= 4 is 11.7 Å². The molecule has 22 heavy (non-hydrogen) atoms. The number of amides is 1. The van der Waals surface area contributed by atoms with Crippen LogP contribution in [0.15, 0.2) is 16.8 Å². The van der Waals surface area contributed by atoms with Gasteiger partial charge in [-0.15, -0.1) is 0 Å². The molecule has 2 aromatic heterocycles. The number of likely N-dealkylation sites (tertiary alicyclic amines) is 1. The first kappa shape index (κ1) is 14.7. The van der Waals surface area contributed by atoms with Crippen LogP contribution >= 0.6 is 0 Å². The predicted molar refractivity (Wildman–Crippen MR) is 79.1 cm³/mol. The van der Waals surface area contributed by atoms with Crippen LogP contribution in [0.3, 0.4) is 0 Å². The fourth-order valence-corrected chi connectivity index (χ4v) is 2.66. The molecule has 0 radical (unpaired) electrons. The van der Waals surface area contributed by atoms with Crippen LogP contribution in [-0.4, -0.2) is 43.8 Å². The zero-order valence-electron chi connectivity index (χ0n) is 12.8.